The number of hydrogen-bond acceptors (Lipinski definition) is 3. The Morgan fingerprint density at radius 1 is 1.47 bits per heavy atom. The molecule has 3 nitrogen and oxygen atoms in total. The molecule has 9 heteroatoms. The molecule has 0 fully saturated rings. The van der Waals surface area contributed by atoms with Gasteiger partial charge in [0.2, 0.25) is 5.03 Å². The van der Waals surface area contributed by atoms with E-state index >= 15 is 0 Å². The molecule has 0 aliphatic carbocycles. The summed E-state index contributed by atoms with van der Waals surface area (Å²) in [5, 5.41) is -1.21. The van der Waals surface area contributed by atoms with Crippen molar-refractivity contribution >= 4 is 35.7 Å². The standard InChI is InChI=1S/C6H2BrClF3NO2S/c7-2-1-3(5(10)11)12-6(4(2)9)15(8,13)14/h1,5H. The topological polar surface area (TPSA) is 47.0 Å². The van der Waals surface area contributed by atoms with Crippen LogP contribution in [0.25, 0.3) is 0 Å². The maximum absolute atomic E-state index is 13.1. The fraction of sp³-hybridized carbons (Fsp3) is 0.167. The first-order chi connectivity index (χ1) is 6.73. The SMILES string of the molecule is O=S(=O)(Cl)c1nc(C(F)F)cc(Br)c1F. The highest BCUT2D eigenvalue weighted by Gasteiger charge is 2.24. The van der Waals surface area contributed by atoms with E-state index in [1.807, 2.05) is 0 Å². The van der Waals surface area contributed by atoms with Gasteiger partial charge in [0.05, 0.1) is 4.47 Å². The lowest BCUT2D eigenvalue weighted by molar-refractivity contribution is 0.145. The molecular weight excluding hydrogens is 322 g/mol. The largest absolute Gasteiger partial charge is 0.281 e. The highest BCUT2D eigenvalue weighted by Crippen LogP contribution is 2.28. The van der Waals surface area contributed by atoms with E-state index in [1.54, 1.807) is 0 Å². The average molecular weight is 325 g/mol. The van der Waals surface area contributed by atoms with Gasteiger partial charge in [-0.05, 0) is 22.0 Å². The number of rotatable bonds is 2. The first-order valence-electron chi connectivity index (χ1n) is 3.32. The summed E-state index contributed by atoms with van der Waals surface area (Å²) in [6.07, 6.45) is -3.01. The highest BCUT2D eigenvalue weighted by atomic mass is 79.9. The molecule has 0 unspecified atom stereocenters. The molecule has 1 heterocycles. The molecule has 15 heavy (non-hydrogen) atoms. The second-order valence-electron chi connectivity index (χ2n) is 2.39. The van der Waals surface area contributed by atoms with Gasteiger partial charge in [0.1, 0.15) is 5.69 Å². The lowest BCUT2D eigenvalue weighted by Gasteiger charge is -2.04. The molecule has 84 valence electrons. The van der Waals surface area contributed by atoms with Crippen molar-refractivity contribution in [3.8, 4) is 0 Å². The van der Waals surface area contributed by atoms with Crippen molar-refractivity contribution in [2.24, 2.45) is 0 Å². The molecule has 0 amide bonds. The second kappa shape index (κ2) is 4.26. The van der Waals surface area contributed by atoms with Gasteiger partial charge < -0.3 is 0 Å². The summed E-state index contributed by atoms with van der Waals surface area (Å²) in [4.78, 5) is 2.93. The van der Waals surface area contributed by atoms with Gasteiger partial charge in [0.25, 0.3) is 15.5 Å². The maximum atomic E-state index is 13.1. The van der Waals surface area contributed by atoms with Gasteiger partial charge in [-0.2, -0.15) is 0 Å². The van der Waals surface area contributed by atoms with Crippen LogP contribution in [0.4, 0.5) is 13.2 Å². The zero-order chi connectivity index (χ0) is 11.8. The average Bonchev–Trinajstić information content (AvgIpc) is 2.06. The van der Waals surface area contributed by atoms with Crippen LogP contribution >= 0.6 is 26.6 Å². The van der Waals surface area contributed by atoms with Crippen LogP contribution in [0.2, 0.25) is 0 Å². The molecule has 0 aliphatic rings. The number of alkyl halides is 2. The van der Waals surface area contributed by atoms with E-state index in [2.05, 4.69) is 20.9 Å². The van der Waals surface area contributed by atoms with Crippen molar-refractivity contribution in [1.82, 2.24) is 4.98 Å². The molecule has 0 spiro atoms. The fourth-order valence-electron chi connectivity index (χ4n) is 0.767. The van der Waals surface area contributed by atoms with Gasteiger partial charge in [-0.3, -0.25) is 0 Å². The Morgan fingerprint density at radius 3 is 2.40 bits per heavy atom. The van der Waals surface area contributed by atoms with Crippen LogP contribution in [0, 0.1) is 5.82 Å². The number of nitrogens with zero attached hydrogens (tertiary/aromatic N) is 1. The monoisotopic (exact) mass is 323 g/mol. The predicted octanol–water partition coefficient (Wildman–Crippen LogP) is 2.85. The highest BCUT2D eigenvalue weighted by molar-refractivity contribution is 9.10. The first kappa shape index (κ1) is 12.7. The fourth-order valence-corrected chi connectivity index (χ4v) is 2.17. The summed E-state index contributed by atoms with van der Waals surface area (Å²) in [5.41, 5.74) is -0.873. The lowest BCUT2D eigenvalue weighted by Crippen LogP contribution is -2.04. The molecule has 0 N–H and O–H groups in total. The van der Waals surface area contributed by atoms with E-state index in [9.17, 15) is 21.6 Å². The summed E-state index contributed by atoms with van der Waals surface area (Å²) in [6, 6.07) is 0.686. The quantitative estimate of drug-likeness (QED) is 0.786. The Balaban J connectivity index is 3.52. The minimum absolute atomic E-state index is 0.438. The zero-order valence-corrected chi connectivity index (χ0v) is 9.87. The van der Waals surface area contributed by atoms with E-state index in [1.165, 1.54) is 0 Å². The number of pyridine rings is 1. The molecule has 0 aliphatic heterocycles. The van der Waals surface area contributed by atoms with Crippen LogP contribution in [0.3, 0.4) is 0 Å². The summed E-state index contributed by atoms with van der Waals surface area (Å²) in [6.45, 7) is 0. The van der Waals surface area contributed by atoms with E-state index < -0.39 is 36.5 Å². The number of hydrogen-bond donors (Lipinski definition) is 0. The summed E-state index contributed by atoms with van der Waals surface area (Å²) in [7, 11) is 0.327. The Labute approximate surface area is 95.8 Å². The zero-order valence-electron chi connectivity index (χ0n) is 6.72. The Bertz CT molecular complexity index is 493. The summed E-state index contributed by atoms with van der Waals surface area (Å²) in [5.74, 6) is -1.30. The molecule has 0 aromatic carbocycles. The van der Waals surface area contributed by atoms with Crippen LogP contribution in [0.15, 0.2) is 15.6 Å². The minimum Gasteiger partial charge on any atom is -0.231 e. The van der Waals surface area contributed by atoms with Crippen molar-refractivity contribution in [3.63, 3.8) is 0 Å². The number of aromatic nitrogens is 1. The molecular formula is C6H2BrClF3NO2S. The molecule has 0 saturated carbocycles. The number of halogens is 5. The Hall–Kier alpha value is -0.340. The molecule has 0 bridgehead atoms. The van der Waals surface area contributed by atoms with Gasteiger partial charge in [-0.25, -0.2) is 26.6 Å². The van der Waals surface area contributed by atoms with Gasteiger partial charge >= 0.3 is 0 Å². The Kier molecular flexibility index (Phi) is 3.62. The normalized spacial score (nSPS) is 12.1. The lowest BCUT2D eigenvalue weighted by atomic mass is 10.3. The van der Waals surface area contributed by atoms with Crippen LogP contribution in [-0.4, -0.2) is 13.4 Å². The third kappa shape index (κ3) is 2.82. The minimum atomic E-state index is -4.49. The first-order valence-corrected chi connectivity index (χ1v) is 6.42. The van der Waals surface area contributed by atoms with Crippen molar-refractivity contribution in [2.45, 2.75) is 11.5 Å². The smallest absolute Gasteiger partial charge is 0.231 e. The molecule has 0 saturated heterocycles. The second-order valence-corrected chi connectivity index (χ2v) is 5.72. The van der Waals surface area contributed by atoms with E-state index in [0.717, 1.165) is 0 Å². The van der Waals surface area contributed by atoms with E-state index in [0.29, 0.717) is 6.07 Å². The van der Waals surface area contributed by atoms with Crippen LogP contribution < -0.4 is 0 Å². The molecule has 0 atom stereocenters. The van der Waals surface area contributed by atoms with E-state index in [-0.39, 0.29) is 0 Å². The molecule has 1 aromatic rings. The van der Waals surface area contributed by atoms with Gasteiger partial charge in [-0.15, -0.1) is 0 Å². The third-order valence-corrected chi connectivity index (χ3v) is 3.11. The summed E-state index contributed by atoms with van der Waals surface area (Å²) >= 11 is 2.59. The molecule has 1 aromatic heterocycles. The van der Waals surface area contributed by atoms with Gasteiger partial charge in [0, 0.05) is 10.7 Å². The third-order valence-electron chi connectivity index (χ3n) is 1.36. The van der Waals surface area contributed by atoms with Crippen molar-refractivity contribution in [2.75, 3.05) is 0 Å². The van der Waals surface area contributed by atoms with Crippen molar-refractivity contribution in [3.05, 3.63) is 22.1 Å². The van der Waals surface area contributed by atoms with Crippen LogP contribution in [0.1, 0.15) is 12.1 Å². The maximum Gasteiger partial charge on any atom is 0.281 e. The van der Waals surface area contributed by atoms with Crippen LogP contribution in [-0.2, 0) is 9.05 Å². The van der Waals surface area contributed by atoms with Crippen molar-refractivity contribution < 1.29 is 21.6 Å². The van der Waals surface area contributed by atoms with Crippen LogP contribution in [0.5, 0.6) is 0 Å². The summed E-state index contributed by atoms with van der Waals surface area (Å²) < 4.78 is 58.6. The molecule has 1 rings (SSSR count). The van der Waals surface area contributed by atoms with Gasteiger partial charge in [0.15, 0.2) is 5.82 Å². The Morgan fingerprint density at radius 2 is 2.00 bits per heavy atom. The molecule has 0 radical (unpaired) electrons. The van der Waals surface area contributed by atoms with Gasteiger partial charge in [-0.1, -0.05) is 0 Å². The predicted molar refractivity (Wildman–Crippen MR) is 49.9 cm³/mol. The van der Waals surface area contributed by atoms with E-state index in [4.69, 9.17) is 10.7 Å². The van der Waals surface area contributed by atoms with Crippen molar-refractivity contribution in [1.29, 1.82) is 0 Å².